The predicted molar refractivity (Wildman–Crippen MR) is 68.3 cm³/mol. The van der Waals surface area contributed by atoms with E-state index in [9.17, 15) is 9.90 Å². The summed E-state index contributed by atoms with van der Waals surface area (Å²) in [6, 6.07) is 0.136. The van der Waals surface area contributed by atoms with E-state index in [1.807, 2.05) is 20.8 Å². The molecule has 0 aliphatic heterocycles. The van der Waals surface area contributed by atoms with Crippen LogP contribution in [-0.4, -0.2) is 60.9 Å². The van der Waals surface area contributed by atoms with Crippen molar-refractivity contribution in [3.63, 3.8) is 0 Å². The van der Waals surface area contributed by atoms with Gasteiger partial charge in [-0.2, -0.15) is 0 Å². The number of nitrogens with one attached hydrogen (secondary N) is 1. The highest BCUT2D eigenvalue weighted by atomic mass is 16.5. The molecule has 0 radical (unpaired) electrons. The number of ether oxygens (including phenoxy) is 1. The fourth-order valence-corrected chi connectivity index (χ4v) is 1.83. The molecule has 0 bridgehead atoms. The Hall–Kier alpha value is -0.650. The van der Waals surface area contributed by atoms with Crippen molar-refractivity contribution in [2.75, 3.05) is 33.4 Å². The van der Waals surface area contributed by atoms with Crippen molar-refractivity contribution in [1.82, 2.24) is 10.2 Å². The van der Waals surface area contributed by atoms with E-state index in [0.717, 1.165) is 13.1 Å². The Labute approximate surface area is 104 Å². The van der Waals surface area contributed by atoms with Gasteiger partial charge in [0.15, 0.2) is 0 Å². The molecule has 0 amide bonds. The fraction of sp³-hybridized carbons (Fsp3) is 0.917. The topological polar surface area (TPSA) is 61.8 Å². The Kier molecular flexibility index (Phi) is 7.34. The van der Waals surface area contributed by atoms with Gasteiger partial charge in [0.25, 0.3) is 0 Å². The fourth-order valence-electron chi connectivity index (χ4n) is 1.83. The zero-order valence-corrected chi connectivity index (χ0v) is 11.6. The quantitative estimate of drug-likeness (QED) is 0.630. The summed E-state index contributed by atoms with van der Waals surface area (Å²) < 4.78 is 5.02. The van der Waals surface area contributed by atoms with Crippen molar-refractivity contribution in [2.24, 2.45) is 0 Å². The number of hydrogen-bond donors (Lipinski definition) is 2. The van der Waals surface area contributed by atoms with E-state index in [-0.39, 0.29) is 6.04 Å². The Morgan fingerprint density at radius 3 is 2.47 bits per heavy atom. The predicted octanol–water partition coefficient (Wildman–Crippen LogP) is 0.796. The van der Waals surface area contributed by atoms with Gasteiger partial charge in [0.1, 0.15) is 5.54 Å². The maximum atomic E-state index is 11.4. The third kappa shape index (κ3) is 6.00. The average Bonchev–Trinajstić information content (AvgIpc) is 2.22. The van der Waals surface area contributed by atoms with E-state index in [1.165, 1.54) is 0 Å². The van der Waals surface area contributed by atoms with Gasteiger partial charge in [0.05, 0.1) is 6.61 Å². The number of likely N-dealkylation sites (N-methyl/N-ethyl adjacent to an activating group) is 1. The van der Waals surface area contributed by atoms with Gasteiger partial charge in [0.2, 0.25) is 0 Å². The van der Waals surface area contributed by atoms with E-state index >= 15 is 0 Å². The molecule has 0 aliphatic carbocycles. The summed E-state index contributed by atoms with van der Waals surface area (Å²) in [5.74, 6) is -0.818. The van der Waals surface area contributed by atoms with Gasteiger partial charge in [-0.25, -0.2) is 0 Å². The van der Waals surface area contributed by atoms with E-state index in [4.69, 9.17) is 4.74 Å². The third-order valence-corrected chi connectivity index (χ3v) is 2.68. The standard InChI is InChI=1S/C12H26N2O3/c1-6-14(7-8-17-5)9-12(4,11(15)16)13-10(2)3/h10,13H,6-9H2,1-5H3,(H,15,16). The summed E-state index contributed by atoms with van der Waals surface area (Å²) in [7, 11) is 1.65. The van der Waals surface area contributed by atoms with Gasteiger partial charge in [-0.3, -0.25) is 15.0 Å². The third-order valence-electron chi connectivity index (χ3n) is 2.68. The van der Waals surface area contributed by atoms with Crippen LogP contribution >= 0.6 is 0 Å². The zero-order valence-electron chi connectivity index (χ0n) is 11.6. The van der Waals surface area contributed by atoms with Crippen molar-refractivity contribution < 1.29 is 14.6 Å². The van der Waals surface area contributed by atoms with Crippen LogP contribution in [0.2, 0.25) is 0 Å². The molecule has 0 rings (SSSR count). The number of rotatable bonds is 9. The van der Waals surface area contributed by atoms with Gasteiger partial charge >= 0.3 is 5.97 Å². The molecule has 0 saturated carbocycles. The van der Waals surface area contributed by atoms with Crippen LogP contribution in [0, 0.1) is 0 Å². The summed E-state index contributed by atoms with van der Waals surface area (Å²) in [4.78, 5) is 13.4. The minimum Gasteiger partial charge on any atom is -0.480 e. The summed E-state index contributed by atoms with van der Waals surface area (Å²) in [6.45, 7) is 10.3. The highest BCUT2D eigenvalue weighted by molar-refractivity contribution is 5.78. The van der Waals surface area contributed by atoms with Crippen molar-refractivity contribution in [3.8, 4) is 0 Å². The first-order valence-corrected chi connectivity index (χ1v) is 6.08. The number of carboxylic acids is 1. The maximum absolute atomic E-state index is 11.4. The van der Waals surface area contributed by atoms with Crippen LogP contribution in [-0.2, 0) is 9.53 Å². The van der Waals surface area contributed by atoms with Crippen LogP contribution in [0.15, 0.2) is 0 Å². The van der Waals surface area contributed by atoms with E-state index < -0.39 is 11.5 Å². The highest BCUT2D eigenvalue weighted by Gasteiger charge is 2.35. The lowest BCUT2D eigenvalue weighted by Gasteiger charge is -2.34. The number of aliphatic carboxylic acids is 1. The smallest absolute Gasteiger partial charge is 0.324 e. The highest BCUT2D eigenvalue weighted by Crippen LogP contribution is 2.09. The van der Waals surface area contributed by atoms with E-state index in [0.29, 0.717) is 13.2 Å². The van der Waals surface area contributed by atoms with Crippen molar-refractivity contribution in [2.45, 2.75) is 39.3 Å². The molecule has 0 saturated heterocycles. The summed E-state index contributed by atoms with van der Waals surface area (Å²) in [5.41, 5.74) is -0.919. The Morgan fingerprint density at radius 2 is 2.12 bits per heavy atom. The molecule has 0 aromatic rings. The van der Waals surface area contributed by atoms with Crippen LogP contribution in [0.3, 0.4) is 0 Å². The molecule has 0 aliphatic rings. The monoisotopic (exact) mass is 246 g/mol. The Bertz CT molecular complexity index is 234. The van der Waals surface area contributed by atoms with Gasteiger partial charge in [-0.05, 0) is 27.3 Å². The zero-order chi connectivity index (χ0) is 13.5. The normalized spacial score (nSPS) is 15.2. The van der Waals surface area contributed by atoms with E-state index in [2.05, 4.69) is 10.2 Å². The minimum atomic E-state index is -0.919. The molecule has 0 aromatic heterocycles. The van der Waals surface area contributed by atoms with Gasteiger partial charge in [0, 0.05) is 26.2 Å². The molecular weight excluding hydrogens is 220 g/mol. The maximum Gasteiger partial charge on any atom is 0.324 e. The largest absolute Gasteiger partial charge is 0.480 e. The molecule has 5 heteroatoms. The molecule has 0 fully saturated rings. The van der Waals surface area contributed by atoms with Crippen molar-refractivity contribution >= 4 is 5.97 Å². The average molecular weight is 246 g/mol. The molecule has 2 N–H and O–H groups in total. The molecule has 102 valence electrons. The Balaban J connectivity index is 4.54. The van der Waals surface area contributed by atoms with Gasteiger partial charge in [-0.1, -0.05) is 6.92 Å². The van der Waals surface area contributed by atoms with Crippen LogP contribution in [0.25, 0.3) is 0 Å². The lowest BCUT2D eigenvalue weighted by atomic mass is 10.0. The van der Waals surface area contributed by atoms with Crippen molar-refractivity contribution in [1.29, 1.82) is 0 Å². The molecule has 1 atom stereocenters. The lowest BCUT2D eigenvalue weighted by Crippen LogP contribution is -2.59. The van der Waals surface area contributed by atoms with Gasteiger partial charge < -0.3 is 9.84 Å². The molecule has 1 unspecified atom stereocenters. The van der Waals surface area contributed by atoms with E-state index in [1.54, 1.807) is 14.0 Å². The SMILES string of the molecule is CCN(CCOC)CC(C)(NC(C)C)C(=O)O. The Morgan fingerprint density at radius 1 is 1.53 bits per heavy atom. The second kappa shape index (κ2) is 7.63. The minimum absolute atomic E-state index is 0.136. The van der Waals surface area contributed by atoms with Crippen LogP contribution in [0.1, 0.15) is 27.7 Å². The van der Waals surface area contributed by atoms with Crippen LogP contribution < -0.4 is 5.32 Å². The van der Waals surface area contributed by atoms with Gasteiger partial charge in [-0.15, -0.1) is 0 Å². The first-order valence-electron chi connectivity index (χ1n) is 6.08. The lowest BCUT2D eigenvalue weighted by molar-refractivity contribution is -0.145. The van der Waals surface area contributed by atoms with Crippen LogP contribution in [0.4, 0.5) is 0 Å². The second-order valence-corrected chi connectivity index (χ2v) is 4.80. The first-order chi connectivity index (χ1) is 7.85. The summed E-state index contributed by atoms with van der Waals surface area (Å²) in [5, 5.41) is 12.4. The molecular formula is C12H26N2O3. The van der Waals surface area contributed by atoms with Crippen LogP contribution in [0.5, 0.6) is 0 Å². The molecule has 0 aromatic carbocycles. The molecule has 5 nitrogen and oxygen atoms in total. The number of hydrogen-bond acceptors (Lipinski definition) is 4. The number of carboxylic acid groups (broad SMARTS) is 1. The first kappa shape index (κ1) is 16.4. The number of nitrogens with zero attached hydrogens (tertiary/aromatic N) is 1. The van der Waals surface area contributed by atoms with Crippen molar-refractivity contribution in [3.05, 3.63) is 0 Å². The number of carbonyl (C=O) groups is 1. The molecule has 17 heavy (non-hydrogen) atoms. The summed E-state index contributed by atoms with van der Waals surface area (Å²) >= 11 is 0. The second-order valence-electron chi connectivity index (χ2n) is 4.80. The molecule has 0 spiro atoms. The summed E-state index contributed by atoms with van der Waals surface area (Å²) in [6.07, 6.45) is 0. The molecule has 0 heterocycles. The number of methoxy groups -OCH3 is 1.